The zero-order valence-corrected chi connectivity index (χ0v) is 13.1. The maximum Gasteiger partial charge on any atom is 0.119 e. The number of rotatable bonds is 7. The van der Waals surface area contributed by atoms with Gasteiger partial charge in [-0.05, 0) is 70.1 Å². The number of likely N-dealkylation sites (tertiary alicyclic amines) is 1. The lowest BCUT2D eigenvalue weighted by Gasteiger charge is -2.28. The van der Waals surface area contributed by atoms with Crippen LogP contribution in [0.5, 0.6) is 5.75 Å². The summed E-state index contributed by atoms with van der Waals surface area (Å²) in [6, 6.07) is 9.26. The Kier molecular flexibility index (Phi) is 5.86. The molecule has 2 rings (SSSR count). The molecule has 1 saturated heterocycles. The molecule has 1 aromatic carbocycles. The van der Waals surface area contributed by atoms with E-state index >= 15 is 0 Å². The predicted molar refractivity (Wildman–Crippen MR) is 84.2 cm³/mol. The topological polar surface area (TPSA) is 24.5 Å². The number of nitrogens with zero attached hydrogens (tertiary/aromatic N) is 1. The van der Waals surface area contributed by atoms with Crippen molar-refractivity contribution in [3.05, 3.63) is 29.8 Å². The van der Waals surface area contributed by atoms with E-state index in [9.17, 15) is 0 Å². The van der Waals surface area contributed by atoms with E-state index in [0.717, 1.165) is 18.9 Å². The van der Waals surface area contributed by atoms with Crippen LogP contribution in [0.2, 0.25) is 0 Å². The second-order valence-corrected chi connectivity index (χ2v) is 5.59. The van der Waals surface area contributed by atoms with Crippen LogP contribution in [-0.2, 0) is 0 Å². The Balaban J connectivity index is 2.15. The number of hydrogen-bond acceptors (Lipinski definition) is 3. The van der Waals surface area contributed by atoms with Crippen molar-refractivity contribution in [1.82, 2.24) is 10.2 Å². The molecule has 1 aliphatic rings. The highest BCUT2D eigenvalue weighted by atomic mass is 16.5. The zero-order valence-electron chi connectivity index (χ0n) is 13.1. The third-order valence-electron chi connectivity index (χ3n) is 4.14. The minimum absolute atomic E-state index is 0.554. The van der Waals surface area contributed by atoms with Crippen molar-refractivity contribution in [3.63, 3.8) is 0 Å². The van der Waals surface area contributed by atoms with Crippen molar-refractivity contribution < 1.29 is 4.74 Å². The van der Waals surface area contributed by atoms with Crippen LogP contribution < -0.4 is 10.1 Å². The van der Waals surface area contributed by atoms with Crippen LogP contribution in [-0.4, -0.2) is 38.2 Å². The van der Waals surface area contributed by atoms with Gasteiger partial charge in [0.2, 0.25) is 0 Å². The number of hydrogen-bond donors (Lipinski definition) is 1. The molecule has 0 radical (unpaired) electrons. The van der Waals surface area contributed by atoms with Crippen LogP contribution in [0.3, 0.4) is 0 Å². The summed E-state index contributed by atoms with van der Waals surface area (Å²) in [7, 11) is 2.05. The summed E-state index contributed by atoms with van der Waals surface area (Å²) < 4.78 is 5.55. The second-order valence-electron chi connectivity index (χ2n) is 5.59. The fourth-order valence-corrected chi connectivity index (χ4v) is 3.35. The molecule has 1 aliphatic heterocycles. The first-order valence-electron chi connectivity index (χ1n) is 7.91. The van der Waals surface area contributed by atoms with Crippen molar-refractivity contribution in [3.8, 4) is 5.75 Å². The van der Waals surface area contributed by atoms with E-state index in [2.05, 4.69) is 48.5 Å². The first kappa shape index (κ1) is 15.3. The van der Waals surface area contributed by atoms with Gasteiger partial charge in [-0.3, -0.25) is 4.90 Å². The van der Waals surface area contributed by atoms with Gasteiger partial charge in [-0.15, -0.1) is 0 Å². The summed E-state index contributed by atoms with van der Waals surface area (Å²) in [6.45, 7) is 8.53. The van der Waals surface area contributed by atoms with Gasteiger partial charge >= 0.3 is 0 Å². The Labute approximate surface area is 123 Å². The standard InChI is InChI=1S/C17H28N2O/c1-4-11-19-12-10-15(13-18-3)17(19)14-6-8-16(9-7-14)20-5-2/h6-9,15,17-18H,4-5,10-13H2,1-3H3. The Morgan fingerprint density at radius 3 is 2.60 bits per heavy atom. The minimum Gasteiger partial charge on any atom is -0.494 e. The number of ether oxygens (including phenoxy) is 1. The fraction of sp³-hybridized carbons (Fsp3) is 0.647. The van der Waals surface area contributed by atoms with Crippen molar-refractivity contribution in [2.45, 2.75) is 32.7 Å². The molecule has 3 heteroatoms. The minimum atomic E-state index is 0.554. The van der Waals surface area contributed by atoms with Crippen LogP contribution in [0.4, 0.5) is 0 Å². The van der Waals surface area contributed by atoms with Crippen molar-refractivity contribution >= 4 is 0 Å². The largest absolute Gasteiger partial charge is 0.494 e. The molecular weight excluding hydrogens is 248 g/mol. The summed E-state index contributed by atoms with van der Waals surface area (Å²) in [6.07, 6.45) is 2.51. The van der Waals surface area contributed by atoms with E-state index in [-0.39, 0.29) is 0 Å². The van der Waals surface area contributed by atoms with Gasteiger partial charge in [-0.2, -0.15) is 0 Å². The van der Waals surface area contributed by atoms with Gasteiger partial charge in [-0.25, -0.2) is 0 Å². The molecule has 0 spiro atoms. The summed E-state index contributed by atoms with van der Waals surface area (Å²) in [5, 5.41) is 3.35. The van der Waals surface area contributed by atoms with E-state index in [1.807, 2.05) is 6.92 Å². The van der Waals surface area contributed by atoms with Crippen molar-refractivity contribution in [2.24, 2.45) is 5.92 Å². The Morgan fingerprint density at radius 1 is 1.25 bits per heavy atom. The average molecular weight is 276 g/mol. The highest BCUT2D eigenvalue weighted by Gasteiger charge is 2.33. The van der Waals surface area contributed by atoms with Crippen LogP contribution >= 0.6 is 0 Å². The third-order valence-corrected chi connectivity index (χ3v) is 4.14. The molecule has 0 aliphatic carbocycles. The first-order valence-corrected chi connectivity index (χ1v) is 7.91. The smallest absolute Gasteiger partial charge is 0.119 e. The van der Waals surface area contributed by atoms with Crippen LogP contribution in [0.15, 0.2) is 24.3 Å². The summed E-state index contributed by atoms with van der Waals surface area (Å²) in [4.78, 5) is 2.64. The van der Waals surface area contributed by atoms with E-state index in [1.165, 1.54) is 31.5 Å². The molecule has 1 heterocycles. The molecule has 1 fully saturated rings. The second kappa shape index (κ2) is 7.65. The average Bonchev–Trinajstić information content (AvgIpc) is 2.84. The summed E-state index contributed by atoms with van der Waals surface area (Å²) in [5.41, 5.74) is 1.43. The highest BCUT2D eigenvalue weighted by Crippen LogP contribution is 2.37. The van der Waals surface area contributed by atoms with Gasteiger partial charge in [0.15, 0.2) is 0 Å². The summed E-state index contributed by atoms with van der Waals surface area (Å²) >= 11 is 0. The SMILES string of the molecule is CCCN1CCC(CNC)C1c1ccc(OCC)cc1. The first-order chi connectivity index (χ1) is 9.80. The van der Waals surface area contributed by atoms with Gasteiger partial charge < -0.3 is 10.1 Å². The highest BCUT2D eigenvalue weighted by molar-refractivity contribution is 5.30. The maximum absolute atomic E-state index is 5.55. The predicted octanol–water partition coefficient (Wildman–Crippen LogP) is 3.08. The van der Waals surface area contributed by atoms with Gasteiger partial charge in [0.1, 0.15) is 5.75 Å². The zero-order chi connectivity index (χ0) is 14.4. The van der Waals surface area contributed by atoms with Gasteiger partial charge in [0, 0.05) is 6.04 Å². The molecule has 1 N–H and O–H groups in total. The van der Waals surface area contributed by atoms with Crippen LogP contribution in [0.25, 0.3) is 0 Å². The molecule has 2 atom stereocenters. The third kappa shape index (κ3) is 3.53. The Bertz CT molecular complexity index is 376. The summed E-state index contributed by atoms with van der Waals surface area (Å²) in [5.74, 6) is 1.69. The molecule has 20 heavy (non-hydrogen) atoms. The van der Waals surface area contributed by atoms with Crippen LogP contribution in [0.1, 0.15) is 38.3 Å². The molecule has 0 aromatic heterocycles. The molecule has 0 amide bonds. The van der Waals surface area contributed by atoms with E-state index in [4.69, 9.17) is 4.74 Å². The molecule has 0 bridgehead atoms. The molecule has 3 nitrogen and oxygen atoms in total. The van der Waals surface area contributed by atoms with E-state index in [0.29, 0.717) is 12.0 Å². The Morgan fingerprint density at radius 2 is 2.00 bits per heavy atom. The van der Waals surface area contributed by atoms with Crippen molar-refractivity contribution in [1.29, 1.82) is 0 Å². The number of benzene rings is 1. The molecule has 1 aromatic rings. The Hall–Kier alpha value is -1.06. The van der Waals surface area contributed by atoms with Crippen LogP contribution in [0, 0.1) is 5.92 Å². The van der Waals surface area contributed by atoms with Gasteiger partial charge in [0.05, 0.1) is 6.61 Å². The lowest BCUT2D eigenvalue weighted by molar-refractivity contribution is 0.227. The number of nitrogens with one attached hydrogen (secondary N) is 1. The maximum atomic E-state index is 5.55. The monoisotopic (exact) mass is 276 g/mol. The lowest BCUT2D eigenvalue weighted by atomic mass is 9.93. The fourth-order valence-electron chi connectivity index (χ4n) is 3.35. The molecule has 0 saturated carbocycles. The van der Waals surface area contributed by atoms with E-state index < -0.39 is 0 Å². The van der Waals surface area contributed by atoms with Gasteiger partial charge in [-0.1, -0.05) is 19.1 Å². The quantitative estimate of drug-likeness (QED) is 0.828. The van der Waals surface area contributed by atoms with E-state index in [1.54, 1.807) is 0 Å². The molecule has 2 unspecified atom stereocenters. The molecular formula is C17H28N2O. The molecule has 112 valence electrons. The van der Waals surface area contributed by atoms with Crippen molar-refractivity contribution in [2.75, 3.05) is 33.3 Å². The normalized spacial score (nSPS) is 23.1. The van der Waals surface area contributed by atoms with Gasteiger partial charge in [0.25, 0.3) is 0 Å². The lowest BCUT2D eigenvalue weighted by Crippen LogP contribution is -2.29.